The Morgan fingerprint density at radius 3 is 2.59 bits per heavy atom. The van der Waals surface area contributed by atoms with Crippen LogP contribution in [0.25, 0.3) is 0 Å². The Hall–Kier alpha value is -1.11. The summed E-state index contributed by atoms with van der Waals surface area (Å²) in [7, 11) is -1.62. The summed E-state index contributed by atoms with van der Waals surface area (Å²) in [6.07, 6.45) is 3.21. The van der Waals surface area contributed by atoms with Crippen molar-refractivity contribution in [2.45, 2.75) is 37.0 Å². The molecule has 1 aromatic rings. The predicted molar refractivity (Wildman–Crippen MR) is 84.5 cm³/mol. The molecule has 5 nitrogen and oxygen atoms in total. The van der Waals surface area contributed by atoms with Gasteiger partial charge in [0.05, 0.1) is 19.0 Å². The Morgan fingerprint density at radius 1 is 1.23 bits per heavy atom. The van der Waals surface area contributed by atoms with Gasteiger partial charge in [-0.15, -0.1) is 0 Å². The van der Waals surface area contributed by atoms with Crippen LogP contribution in [0, 0.1) is 5.92 Å². The van der Waals surface area contributed by atoms with Crippen LogP contribution in [0.15, 0.2) is 24.3 Å². The first-order chi connectivity index (χ1) is 10.6. The van der Waals surface area contributed by atoms with Crippen molar-refractivity contribution in [3.8, 4) is 5.75 Å². The second-order valence-corrected chi connectivity index (χ2v) is 8.08. The van der Waals surface area contributed by atoms with E-state index in [1.165, 1.54) is 0 Å². The van der Waals surface area contributed by atoms with Gasteiger partial charge in [-0.05, 0) is 43.4 Å². The summed E-state index contributed by atoms with van der Waals surface area (Å²) in [6, 6.07) is 7.96. The van der Waals surface area contributed by atoms with Crippen LogP contribution in [0.3, 0.4) is 0 Å². The Kier molecular flexibility index (Phi) is 4.70. The Morgan fingerprint density at radius 2 is 1.95 bits per heavy atom. The van der Waals surface area contributed by atoms with Gasteiger partial charge in [-0.3, -0.25) is 0 Å². The van der Waals surface area contributed by atoms with Crippen molar-refractivity contribution in [3.63, 3.8) is 0 Å². The third kappa shape index (κ3) is 3.80. The number of hydrogen-bond donors (Lipinski definition) is 1. The highest BCUT2D eigenvalue weighted by molar-refractivity contribution is 7.90. The van der Waals surface area contributed by atoms with E-state index in [0.717, 1.165) is 24.2 Å². The minimum atomic E-state index is -3.26. The molecule has 2 atom stereocenters. The summed E-state index contributed by atoms with van der Waals surface area (Å²) in [4.78, 5) is 0. The molecule has 2 aliphatic rings. The van der Waals surface area contributed by atoms with Gasteiger partial charge in [0.1, 0.15) is 5.75 Å². The lowest BCUT2D eigenvalue weighted by molar-refractivity contribution is 0.0570. The van der Waals surface area contributed by atoms with Crippen molar-refractivity contribution >= 4 is 10.0 Å². The molecule has 0 bridgehead atoms. The SMILES string of the molecule is COc1ccc(C[C@H]2COCC[C@H]2S(=O)(=O)NC2CC2)cc1. The molecular weight excluding hydrogens is 302 g/mol. The van der Waals surface area contributed by atoms with E-state index < -0.39 is 10.0 Å². The van der Waals surface area contributed by atoms with Gasteiger partial charge >= 0.3 is 0 Å². The van der Waals surface area contributed by atoms with Crippen LogP contribution in [-0.4, -0.2) is 40.0 Å². The Balaban J connectivity index is 1.71. The fourth-order valence-electron chi connectivity index (χ4n) is 2.96. The van der Waals surface area contributed by atoms with E-state index in [9.17, 15) is 8.42 Å². The summed E-state index contributed by atoms with van der Waals surface area (Å²) in [5, 5.41) is -0.357. The van der Waals surface area contributed by atoms with Gasteiger partial charge in [-0.25, -0.2) is 13.1 Å². The van der Waals surface area contributed by atoms with E-state index in [1.807, 2.05) is 24.3 Å². The molecule has 0 radical (unpaired) electrons. The van der Waals surface area contributed by atoms with Crippen molar-refractivity contribution in [2.75, 3.05) is 20.3 Å². The van der Waals surface area contributed by atoms with Gasteiger partial charge in [-0.2, -0.15) is 0 Å². The molecule has 1 heterocycles. The van der Waals surface area contributed by atoms with E-state index in [1.54, 1.807) is 7.11 Å². The van der Waals surface area contributed by atoms with E-state index in [-0.39, 0.29) is 17.2 Å². The topological polar surface area (TPSA) is 64.6 Å². The monoisotopic (exact) mass is 325 g/mol. The quantitative estimate of drug-likeness (QED) is 0.865. The fourth-order valence-corrected chi connectivity index (χ4v) is 4.92. The standard InChI is InChI=1S/C16H23NO4S/c1-20-15-6-2-12(3-7-15)10-13-11-21-9-8-16(13)22(18,19)17-14-4-5-14/h2-3,6-7,13-14,16-17H,4-5,8-11H2,1H3/t13-,16+/m0/s1. The molecule has 1 aromatic carbocycles. The van der Waals surface area contributed by atoms with Crippen molar-refractivity contribution in [3.05, 3.63) is 29.8 Å². The zero-order chi connectivity index (χ0) is 15.6. The molecular formula is C16H23NO4S. The summed E-state index contributed by atoms with van der Waals surface area (Å²) in [5.41, 5.74) is 1.11. The minimum absolute atomic E-state index is 0.00149. The van der Waals surface area contributed by atoms with Crippen LogP contribution in [0.1, 0.15) is 24.8 Å². The van der Waals surface area contributed by atoms with Crippen LogP contribution in [0.2, 0.25) is 0 Å². The van der Waals surface area contributed by atoms with Crippen LogP contribution in [0.5, 0.6) is 5.75 Å². The van der Waals surface area contributed by atoms with Gasteiger partial charge < -0.3 is 9.47 Å². The number of hydrogen-bond acceptors (Lipinski definition) is 4. The molecule has 6 heteroatoms. The third-order valence-corrected chi connectivity index (χ3v) is 6.45. The van der Waals surface area contributed by atoms with E-state index in [4.69, 9.17) is 9.47 Å². The number of sulfonamides is 1. The van der Waals surface area contributed by atoms with E-state index in [2.05, 4.69) is 4.72 Å². The molecule has 1 N–H and O–H groups in total. The number of nitrogens with one attached hydrogen (secondary N) is 1. The zero-order valence-corrected chi connectivity index (χ0v) is 13.6. The molecule has 22 heavy (non-hydrogen) atoms. The fraction of sp³-hybridized carbons (Fsp3) is 0.625. The second kappa shape index (κ2) is 6.56. The van der Waals surface area contributed by atoms with E-state index >= 15 is 0 Å². The molecule has 0 amide bonds. The molecule has 1 saturated heterocycles. The molecule has 0 spiro atoms. The second-order valence-electron chi connectivity index (χ2n) is 6.15. The average Bonchev–Trinajstić information content (AvgIpc) is 3.32. The molecule has 1 saturated carbocycles. The van der Waals surface area contributed by atoms with Crippen LogP contribution in [0.4, 0.5) is 0 Å². The van der Waals surface area contributed by atoms with Crippen molar-refractivity contribution in [1.82, 2.24) is 4.72 Å². The largest absolute Gasteiger partial charge is 0.497 e. The molecule has 2 fully saturated rings. The summed E-state index contributed by atoms with van der Waals surface area (Å²) in [5.74, 6) is 0.807. The highest BCUT2D eigenvalue weighted by Crippen LogP contribution is 2.28. The van der Waals surface area contributed by atoms with E-state index in [0.29, 0.717) is 26.1 Å². The lowest BCUT2D eigenvalue weighted by Gasteiger charge is -2.31. The minimum Gasteiger partial charge on any atom is -0.497 e. The van der Waals surface area contributed by atoms with Crippen LogP contribution < -0.4 is 9.46 Å². The average molecular weight is 325 g/mol. The number of rotatable bonds is 6. The maximum Gasteiger partial charge on any atom is 0.215 e. The van der Waals surface area contributed by atoms with Crippen molar-refractivity contribution < 1.29 is 17.9 Å². The first-order valence-electron chi connectivity index (χ1n) is 7.80. The first-order valence-corrected chi connectivity index (χ1v) is 9.35. The number of ether oxygens (including phenoxy) is 2. The Bertz CT molecular complexity index is 595. The van der Waals surface area contributed by atoms with Gasteiger partial charge in [-0.1, -0.05) is 12.1 Å². The Labute approximate surface area is 132 Å². The smallest absolute Gasteiger partial charge is 0.215 e. The van der Waals surface area contributed by atoms with Crippen molar-refractivity contribution in [2.24, 2.45) is 5.92 Å². The maximum absolute atomic E-state index is 12.6. The zero-order valence-electron chi connectivity index (χ0n) is 12.8. The number of methoxy groups -OCH3 is 1. The van der Waals surface area contributed by atoms with Gasteiger partial charge in [0, 0.05) is 18.6 Å². The molecule has 1 aliphatic carbocycles. The maximum atomic E-state index is 12.6. The normalized spacial score (nSPS) is 25.9. The number of benzene rings is 1. The molecule has 0 unspecified atom stereocenters. The van der Waals surface area contributed by atoms with Gasteiger partial charge in [0.25, 0.3) is 0 Å². The molecule has 3 rings (SSSR count). The van der Waals surface area contributed by atoms with Gasteiger partial charge in [0.2, 0.25) is 10.0 Å². The summed E-state index contributed by atoms with van der Waals surface area (Å²) >= 11 is 0. The lowest BCUT2D eigenvalue weighted by Crippen LogP contribution is -2.45. The van der Waals surface area contributed by atoms with Crippen LogP contribution >= 0.6 is 0 Å². The first kappa shape index (κ1) is 15.8. The lowest BCUT2D eigenvalue weighted by atomic mass is 9.93. The predicted octanol–water partition coefficient (Wildman–Crippen LogP) is 1.72. The summed E-state index contributed by atoms with van der Waals surface area (Å²) < 4.78 is 38.6. The van der Waals surface area contributed by atoms with Crippen molar-refractivity contribution in [1.29, 1.82) is 0 Å². The highest BCUT2D eigenvalue weighted by Gasteiger charge is 2.39. The molecule has 1 aliphatic heterocycles. The highest BCUT2D eigenvalue weighted by atomic mass is 32.2. The summed E-state index contributed by atoms with van der Waals surface area (Å²) in [6.45, 7) is 1.03. The third-order valence-electron chi connectivity index (χ3n) is 4.37. The molecule has 122 valence electrons. The molecule has 0 aromatic heterocycles. The van der Waals surface area contributed by atoms with Gasteiger partial charge in [0.15, 0.2) is 0 Å². The van der Waals surface area contributed by atoms with Crippen LogP contribution in [-0.2, 0) is 21.2 Å².